The average Bonchev–Trinajstić information content (AvgIpc) is 2.40. The molecule has 0 saturated carbocycles. The fourth-order valence-electron chi connectivity index (χ4n) is 1.77. The molecule has 0 atom stereocenters. The minimum atomic E-state index is -0.128. The van der Waals surface area contributed by atoms with Crippen LogP contribution in [0.4, 0.5) is 4.39 Å². The predicted molar refractivity (Wildman–Crippen MR) is 71.4 cm³/mol. The van der Waals surface area contributed by atoms with Crippen molar-refractivity contribution in [2.45, 2.75) is 19.8 Å². The molecule has 2 heteroatoms. The van der Waals surface area contributed by atoms with E-state index in [4.69, 9.17) is 4.74 Å². The van der Waals surface area contributed by atoms with Crippen LogP contribution in [0.2, 0.25) is 0 Å². The van der Waals surface area contributed by atoms with Gasteiger partial charge in [0.25, 0.3) is 0 Å². The van der Waals surface area contributed by atoms with Crippen LogP contribution >= 0.6 is 0 Å². The van der Waals surface area contributed by atoms with Crippen molar-refractivity contribution >= 4 is 0 Å². The van der Waals surface area contributed by atoms with Gasteiger partial charge in [-0.05, 0) is 49.1 Å². The molecular weight excluding hydrogens is 227 g/mol. The summed E-state index contributed by atoms with van der Waals surface area (Å²) in [7, 11) is 0. The van der Waals surface area contributed by atoms with E-state index in [1.54, 1.807) is 13.0 Å². The summed E-state index contributed by atoms with van der Waals surface area (Å²) < 4.78 is 18.9. The van der Waals surface area contributed by atoms with Crippen LogP contribution in [0.5, 0.6) is 5.75 Å². The second-order valence-corrected chi connectivity index (χ2v) is 4.35. The van der Waals surface area contributed by atoms with E-state index in [0.29, 0.717) is 12.2 Å². The van der Waals surface area contributed by atoms with E-state index in [-0.39, 0.29) is 5.82 Å². The van der Waals surface area contributed by atoms with Gasteiger partial charge in [-0.25, -0.2) is 4.39 Å². The van der Waals surface area contributed by atoms with Crippen molar-refractivity contribution in [3.63, 3.8) is 0 Å². The van der Waals surface area contributed by atoms with Gasteiger partial charge in [0.1, 0.15) is 11.6 Å². The third-order valence-electron chi connectivity index (χ3n) is 2.86. The Bertz CT molecular complexity index is 494. The molecular formula is C16H17FO. The van der Waals surface area contributed by atoms with Crippen LogP contribution < -0.4 is 4.74 Å². The maximum absolute atomic E-state index is 13.3. The maximum Gasteiger partial charge on any atom is 0.126 e. The molecule has 0 aliphatic carbocycles. The van der Waals surface area contributed by atoms with Gasteiger partial charge in [0.2, 0.25) is 0 Å². The van der Waals surface area contributed by atoms with Crippen molar-refractivity contribution in [3.05, 3.63) is 65.5 Å². The van der Waals surface area contributed by atoms with Gasteiger partial charge < -0.3 is 4.74 Å². The second kappa shape index (κ2) is 6.20. The van der Waals surface area contributed by atoms with E-state index in [9.17, 15) is 4.39 Å². The lowest BCUT2D eigenvalue weighted by molar-refractivity contribution is 0.311. The van der Waals surface area contributed by atoms with Crippen molar-refractivity contribution in [1.82, 2.24) is 0 Å². The summed E-state index contributed by atoms with van der Waals surface area (Å²) in [5.74, 6) is 0.754. The van der Waals surface area contributed by atoms with E-state index in [1.165, 1.54) is 0 Å². The number of halogens is 1. The van der Waals surface area contributed by atoms with E-state index in [1.807, 2.05) is 42.5 Å². The first-order chi connectivity index (χ1) is 8.75. The standard InChI is InChI=1S/C16H17FO/c1-13-9-10-14(12-16(13)17)6-5-11-18-15-7-3-2-4-8-15/h2-4,7-10,12H,5-6,11H2,1H3. The predicted octanol–water partition coefficient (Wildman–Crippen LogP) is 4.15. The van der Waals surface area contributed by atoms with Gasteiger partial charge in [-0.3, -0.25) is 0 Å². The van der Waals surface area contributed by atoms with Crippen molar-refractivity contribution in [3.8, 4) is 5.75 Å². The van der Waals surface area contributed by atoms with Crippen LogP contribution in [-0.2, 0) is 6.42 Å². The molecule has 0 heterocycles. The number of hydrogen-bond donors (Lipinski definition) is 0. The van der Waals surface area contributed by atoms with Crippen LogP contribution in [0.3, 0.4) is 0 Å². The molecule has 0 unspecified atom stereocenters. The lowest BCUT2D eigenvalue weighted by Crippen LogP contribution is -1.99. The first-order valence-electron chi connectivity index (χ1n) is 6.18. The normalized spacial score (nSPS) is 10.3. The van der Waals surface area contributed by atoms with Crippen LogP contribution in [0.1, 0.15) is 17.5 Å². The van der Waals surface area contributed by atoms with E-state index < -0.39 is 0 Å². The lowest BCUT2D eigenvalue weighted by Gasteiger charge is -2.06. The Balaban J connectivity index is 1.77. The molecule has 0 aliphatic rings. The molecule has 1 nitrogen and oxygen atoms in total. The summed E-state index contributed by atoms with van der Waals surface area (Å²) in [6.07, 6.45) is 1.72. The van der Waals surface area contributed by atoms with E-state index >= 15 is 0 Å². The number of para-hydroxylation sites is 1. The van der Waals surface area contributed by atoms with Crippen LogP contribution in [0.15, 0.2) is 48.5 Å². The van der Waals surface area contributed by atoms with Gasteiger partial charge in [-0.2, -0.15) is 0 Å². The minimum absolute atomic E-state index is 0.128. The first kappa shape index (κ1) is 12.6. The third kappa shape index (κ3) is 3.59. The highest BCUT2D eigenvalue weighted by atomic mass is 19.1. The molecule has 0 aliphatic heterocycles. The SMILES string of the molecule is Cc1ccc(CCCOc2ccccc2)cc1F. The summed E-state index contributed by atoms with van der Waals surface area (Å²) in [6.45, 7) is 2.43. The van der Waals surface area contributed by atoms with Crippen molar-refractivity contribution in [1.29, 1.82) is 0 Å². The molecule has 0 bridgehead atoms. The van der Waals surface area contributed by atoms with Gasteiger partial charge in [0, 0.05) is 0 Å². The summed E-state index contributed by atoms with van der Waals surface area (Å²) in [6, 6.07) is 15.1. The minimum Gasteiger partial charge on any atom is -0.494 e. The zero-order chi connectivity index (χ0) is 12.8. The second-order valence-electron chi connectivity index (χ2n) is 4.35. The Kier molecular flexibility index (Phi) is 4.35. The summed E-state index contributed by atoms with van der Waals surface area (Å²) in [5.41, 5.74) is 1.72. The molecule has 0 aromatic heterocycles. The number of rotatable bonds is 5. The fraction of sp³-hybridized carbons (Fsp3) is 0.250. The third-order valence-corrected chi connectivity index (χ3v) is 2.86. The van der Waals surface area contributed by atoms with Gasteiger partial charge in [-0.15, -0.1) is 0 Å². The van der Waals surface area contributed by atoms with Crippen LogP contribution in [0, 0.1) is 12.7 Å². The average molecular weight is 244 g/mol. The Hall–Kier alpha value is -1.83. The molecule has 2 aromatic rings. The highest BCUT2D eigenvalue weighted by molar-refractivity contribution is 5.23. The van der Waals surface area contributed by atoms with Crippen LogP contribution in [0.25, 0.3) is 0 Å². The van der Waals surface area contributed by atoms with Crippen molar-refractivity contribution in [2.75, 3.05) is 6.61 Å². The lowest BCUT2D eigenvalue weighted by atomic mass is 10.1. The van der Waals surface area contributed by atoms with Crippen molar-refractivity contribution < 1.29 is 9.13 Å². The topological polar surface area (TPSA) is 9.23 Å². The molecule has 0 radical (unpaired) electrons. The Morgan fingerprint density at radius 2 is 1.83 bits per heavy atom. The molecule has 94 valence electrons. The molecule has 2 rings (SSSR count). The smallest absolute Gasteiger partial charge is 0.126 e. The number of hydrogen-bond acceptors (Lipinski definition) is 1. The molecule has 18 heavy (non-hydrogen) atoms. The summed E-state index contributed by atoms with van der Waals surface area (Å²) in [5, 5.41) is 0. The fourth-order valence-corrected chi connectivity index (χ4v) is 1.77. The van der Waals surface area contributed by atoms with Gasteiger partial charge in [0.15, 0.2) is 0 Å². The Morgan fingerprint density at radius 1 is 1.06 bits per heavy atom. The molecule has 0 amide bonds. The number of benzene rings is 2. The quantitative estimate of drug-likeness (QED) is 0.718. The maximum atomic E-state index is 13.3. The molecule has 0 spiro atoms. The Labute approximate surface area is 107 Å². The van der Waals surface area contributed by atoms with Gasteiger partial charge in [-0.1, -0.05) is 30.3 Å². The highest BCUT2D eigenvalue weighted by Crippen LogP contribution is 2.12. The largest absolute Gasteiger partial charge is 0.494 e. The molecule has 2 aromatic carbocycles. The van der Waals surface area contributed by atoms with Crippen LogP contribution in [-0.4, -0.2) is 6.61 Å². The van der Waals surface area contributed by atoms with E-state index in [2.05, 4.69) is 0 Å². The molecule has 0 saturated heterocycles. The zero-order valence-electron chi connectivity index (χ0n) is 10.5. The number of ether oxygens (including phenoxy) is 1. The summed E-state index contributed by atoms with van der Waals surface area (Å²) in [4.78, 5) is 0. The molecule has 0 fully saturated rings. The van der Waals surface area contributed by atoms with Gasteiger partial charge in [0.05, 0.1) is 6.61 Å². The number of aryl methyl sites for hydroxylation is 2. The molecule has 0 N–H and O–H groups in total. The first-order valence-corrected chi connectivity index (χ1v) is 6.18. The summed E-state index contributed by atoms with van der Waals surface area (Å²) >= 11 is 0. The zero-order valence-corrected chi connectivity index (χ0v) is 10.5. The van der Waals surface area contributed by atoms with Gasteiger partial charge >= 0.3 is 0 Å². The Morgan fingerprint density at radius 3 is 2.56 bits per heavy atom. The highest BCUT2D eigenvalue weighted by Gasteiger charge is 1.99. The van der Waals surface area contributed by atoms with Crippen molar-refractivity contribution in [2.24, 2.45) is 0 Å². The van der Waals surface area contributed by atoms with E-state index in [0.717, 1.165) is 24.2 Å². The monoisotopic (exact) mass is 244 g/mol.